The minimum Gasteiger partial charge on any atom is -0.338 e. The summed E-state index contributed by atoms with van der Waals surface area (Å²) in [6.45, 7) is 3.32. The molecule has 3 aliphatic rings. The average molecular weight is 289 g/mol. The fraction of sp³-hybridized carbons (Fsp3) is 0.316. The molecule has 0 aromatic heterocycles. The first kappa shape index (κ1) is 12.4. The van der Waals surface area contributed by atoms with Crippen LogP contribution < -0.4 is 10.2 Å². The second-order valence-electron chi connectivity index (χ2n) is 6.61. The van der Waals surface area contributed by atoms with Gasteiger partial charge in [-0.15, -0.1) is 0 Å². The van der Waals surface area contributed by atoms with Crippen LogP contribution in [0.3, 0.4) is 0 Å². The molecule has 2 aromatic carbocycles. The van der Waals surface area contributed by atoms with Gasteiger partial charge in [-0.25, -0.2) is 0 Å². The second-order valence-corrected chi connectivity index (χ2v) is 6.61. The molecule has 3 aliphatic heterocycles. The molecule has 0 atom stereocenters. The zero-order chi connectivity index (χ0) is 14.6. The van der Waals surface area contributed by atoms with Gasteiger partial charge in [-0.3, -0.25) is 4.99 Å². The van der Waals surface area contributed by atoms with E-state index in [1.54, 1.807) is 0 Å². The third kappa shape index (κ3) is 1.57. The maximum absolute atomic E-state index is 4.71. The predicted molar refractivity (Wildman–Crippen MR) is 90.9 cm³/mol. The summed E-state index contributed by atoms with van der Waals surface area (Å²) in [5.74, 6) is 0. The number of hydrogen-bond acceptors (Lipinski definition) is 3. The van der Waals surface area contributed by atoms with Crippen LogP contribution >= 0.6 is 0 Å². The summed E-state index contributed by atoms with van der Waals surface area (Å²) in [4.78, 5) is 7.22. The molecular weight excluding hydrogens is 270 g/mol. The summed E-state index contributed by atoms with van der Waals surface area (Å²) in [5, 5.41) is 3.52. The van der Waals surface area contributed by atoms with Crippen molar-refractivity contribution in [3.8, 4) is 0 Å². The van der Waals surface area contributed by atoms with Gasteiger partial charge in [-0.2, -0.15) is 0 Å². The van der Waals surface area contributed by atoms with Gasteiger partial charge in [0.1, 0.15) is 0 Å². The molecule has 0 unspecified atom stereocenters. The molecule has 1 N–H and O–H groups in total. The van der Waals surface area contributed by atoms with Crippen LogP contribution in [0.25, 0.3) is 0 Å². The van der Waals surface area contributed by atoms with Gasteiger partial charge < -0.3 is 10.2 Å². The highest BCUT2D eigenvalue weighted by atomic mass is 15.2. The van der Waals surface area contributed by atoms with Crippen LogP contribution in [0.15, 0.2) is 47.5 Å². The van der Waals surface area contributed by atoms with Crippen LogP contribution in [0.5, 0.6) is 0 Å². The van der Waals surface area contributed by atoms with Crippen LogP contribution in [0.1, 0.15) is 24.0 Å². The lowest BCUT2D eigenvalue weighted by Crippen LogP contribution is -2.42. The number of rotatable bonds is 0. The van der Waals surface area contributed by atoms with E-state index in [-0.39, 0.29) is 0 Å². The first-order valence-electron chi connectivity index (χ1n) is 8.12. The molecule has 5 rings (SSSR count). The lowest BCUT2D eigenvalue weighted by molar-refractivity contribution is 0.329. The summed E-state index contributed by atoms with van der Waals surface area (Å²) in [5.41, 5.74) is 6.79. The zero-order valence-corrected chi connectivity index (χ0v) is 12.5. The Morgan fingerprint density at radius 1 is 1.00 bits per heavy atom. The predicted octanol–water partition coefficient (Wildman–Crippen LogP) is 3.52. The van der Waals surface area contributed by atoms with Crippen LogP contribution in [-0.4, -0.2) is 25.8 Å². The summed E-state index contributed by atoms with van der Waals surface area (Å²) in [7, 11) is 0. The standard InChI is InChI=1S/C19H19N3/c1-2-7-17-16(6-1)21-12-14-4-3-5-15-18(14)22(17)13-19(15)8-10-20-11-9-19/h1-7,12,20H,8-11,13H2. The summed E-state index contributed by atoms with van der Waals surface area (Å²) in [6.07, 6.45) is 4.48. The van der Waals surface area contributed by atoms with Crippen molar-refractivity contribution >= 4 is 23.3 Å². The van der Waals surface area contributed by atoms with Gasteiger partial charge in [0.25, 0.3) is 0 Å². The lowest BCUT2D eigenvalue weighted by Gasteiger charge is -2.35. The number of nitrogens with zero attached hydrogens (tertiary/aromatic N) is 2. The molecule has 1 spiro atoms. The van der Waals surface area contributed by atoms with Crippen molar-refractivity contribution in [3.63, 3.8) is 0 Å². The Labute approximate surface area is 130 Å². The number of anilines is 2. The van der Waals surface area contributed by atoms with E-state index in [0.717, 1.165) is 25.3 Å². The quantitative estimate of drug-likeness (QED) is 0.803. The van der Waals surface area contributed by atoms with Crippen molar-refractivity contribution in [2.24, 2.45) is 4.99 Å². The molecule has 3 heteroatoms. The molecule has 0 amide bonds. The highest BCUT2D eigenvalue weighted by Gasteiger charge is 2.45. The van der Waals surface area contributed by atoms with Gasteiger partial charge in [-0.05, 0) is 43.6 Å². The van der Waals surface area contributed by atoms with Crippen molar-refractivity contribution in [1.82, 2.24) is 5.32 Å². The fourth-order valence-electron chi connectivity index (χ4n) is 4.34. The first-order valence-corrected chi connectivity index (χ1v) is 8.12. The molecule has 0 aliphatic carbocycles. The molecular formula is C19H19N3. The number of fused-ring (bicyclic) bond motifs is 3. The normalized spacial score (nSPS) is 20.6. The number of hydrogen-bond donors (Lipinski definition) is 1. The Balaban J connectivity index is 1.77. The van der Waals surface area contributed by atoms with Crippen molar-refractivity contribution in [2.45, 2.75) is 18.3 Å². The van der Waals surface area contributed by atoms with Gasteiger partial charge in [0.15, 0.2) is 0 Å². The smallest absolute Gasteiger partial charge is 0.0866 e. The van der Waals surface area contributed by atoms with E-state index >= 15 is 0 Å². The van der Waals surface area contributed by atoms with Gasteiger partial charge in [0.05, 0.1) is 17.1 Å². The maximum Gasteiger partial charge on any atom is 0.0866 e. The van der Waals surface area contributed by atoms with Crippen molar-refractivity contribution in [2.75, 3.05) is 24.5 Å². The molecule has 2 aromatic rings. The van der Waals surface area contributed by atoms with Crippen LogP contribution in [0.4, 0.5) is 17.1 Å². The number of para-hydroxylation sites is 3. The Morgan fingerprint density at radius 3 is 2.77 bits per heavy atom. The Hall–Kier alpha value is -2.13. The van der Waals surface area contributed by atoms with Gasteiger partial charge in [0.2, 0.25) is 0 Å². The average Bonchev–Trinajstić information content (AvgIpc) is 2.79. The van der Waals surface area contributed by atoms with E-state index in [1.165, 1.54) is 35.3 Å². The molecule has 110 valence electrons. The van der Waals surface area contributed by atoms with E-state index in [1.807, 2.05) is 6.21 Å². The number of aliphatic imine (C=N–C) groups is 1. The zero-order valence-electron chi connectivity index (χ0n) is 12.5. The third-order valence-corrected chi connectivity index (χ3v) is 5.45. The fourth-order valence-corrected chi connectivity index (χ4v) is 4.34. The van der Waals surface area contributed by atoms with Crippen molar-refractivity contribution < 1.29 is 0 Å². The topological polar surface area (TPSA) is 27.6 Å². The molecule has 0 bridgehead atoms. The Bertz CT molecular complexity index is 772. The van der Waals surface area contributed by atoms with Crippen LogP contribution in [0.2, 0.25) is 0 Å². The van der Waals surface area contributed by atoms with Crippen LogP contribution in [0, 0.1) is 0 Å². The molecule has 1 fully saturated rings. The molecule has 1 saturated heterocycles. The minimum absolute atomic E-state index is 0.300. The maximum atomic E-state index is 4.71. The molecule has 22 heavy (non-hydrogen) atoms. The minimum atomic E-state index is 0.300. The van der Waals surface area contributed by atoms with E-state index in [0.29, 0.717) is 5.41 Å². The van der Waals surface area contributed by atoms with Gasteiger partial charge in [-0.1, -0.05) is 30.3 Å². The number of piperidine rings is 1. The Kier molecular flexibility index (Phi) is 2.50. The van der Waals surface area contributed by atoms with E-state index in [4.69, 9.17) is 4.99 Å². The van der Waals surface area contributed by atoms with Crippen molar-refractivity contribution in [1.29, 1.82) is 0 Å². The summed E-state index contributed by atoms with van der Waals surface area (Å²) >= 11 is 0. The van der Waals surface area contributed by atoms with E-state index in [9.17, 15) is 0 Å². The molecule has 3 nitrogen and oxygen atoms in total. The third-order valence-electron chi connectivity index (χ3n) is 5.45. The highest BCUT2D eigenvalue weighted by molar-refractivity contribution is 5.98. The van der Waals surface area contributed by atoms with E-state index in [2.05, 4.69) is 52.7 Å². The highest BCUT2D eigenvalue weighted by Crippen LogP contribution is 2.52. The van der Waals surface area contributed by atoms with Gasteiger partial charge >= 0.3 is 0 Å². The lowest BCUT2D eigenvalue weighted by atomic mass is 9.74. The first-order chi connectivity index (χ1) is 10.9. The van der Waals surface area contributed by atoms with Gasteiger partial charge in [0, 0.05) is 23.7 Å². The number of nitrogens with one attached hydrogen (secondary N) is 1. The summed E-state index contributed by atoms with van der Waals surface area (Å²) in [6, 6.07) is 15.2. The van der Waals surface area contributed by atoms with E-state index < -0.39 is 0 Å². The van der Waals surface area contributed by atoms with Crippen molar-refractivity contribution in [3.05, 3.63) is 53.6 Å². The Morgan fingerprint density at radius 2 is 1.86 bits per heavy atom. The molecule has 3 heterocycles. The largest absolute Gasteiger partial charge is 0.338 e. The molecule has 0 radical (unpaired) electrons. The SMILES string of the molecule is C1=Nc2ccccc2N2CC3(CCNCC3)c3cccc1c32. The second kappa shape index (κ2) is 4.43. The molecule has 0 saturated carbocycles. The summed E-state index contributed by atoms with van der Waals surface area (Å²) < 4.78 is 0. The monoisotopic (exact) mass is 289 g/mol. The number of benzene rings is 2. The van der Waals surface area contributed by atoms with Crippen LogP contribution in [-0.2, 0) is 5.41 Å².